The van der Waals surface area contributed by atoms with Gasteiger partial charge in [0.25, 0.3) is 0 Å². The third-order valence-electron chi connectivity index (χ3n) is 13.5. The maximum absolute atomic E-state index is 7.25. The fraction of sp³-hybridized carbons (Fsp3) is 0. The van der Waals surface area contributed by atoms with Gasteiger partial charge in [-0.2, -0.15) is 0 Å². The van der Waals surface area contributed by atoms with Crippen molar-refractivity contribution in [1.82, 2.24) is 9.13 Å². The lowest BCUT2D eigenvalue weighted by atomic mass is 9.99. The number of rotatable bonds is 3. The third kappa shape index (κ3) is 4.50. The smallest absolute Gasteiger partial charge is 0.145 e. The van der Waals surface area contributed by atoms with Gasteiger partial charge in [-0.1, -0.05) is 97.1 Å². The summed E-state index contributed by atoms with van der Waals surface area (Å²) in [4.78, 5) is 0. The molecule has 5 heterocycles. The molecule has 63 heavy (non-hydrogen) atoms. The molecule has 292 valence electrons. The molecule has 0 radical (unpaired) electrons. The summed E-state index contributed by atoms with van der Waals surface area (Å²) in [5, 5.41) is 13.6. The Balaban J connectivity index is 0.930. The summed E-state index contributed by atoms with van der Waals surface area (Å²) in [5.41, 5.74) is 14.4. The van der Waals surface area contributed by atoms with Gasteiger partial charge in [-0.15, -0.1) is 0 Å². The van der Waals surface area contributed by atoms with Gasteiger partial charge in [-0.25, -0.2) is 0 Å². The number of furan rings is 3. The molecule has 0 N–H and O–H groups in total. The lowest BCUT2D eigenvalue weighted by Crippen LogP contribution is -1.93. The van der Waals surface area contributed by atoms with Crippen molar-refractivity contribution in [3.05, 3.63) is 194 Å². The summed E-state index contributed by atoms with van der Waals surface area (Å²) in [6, 6.07) is 69.5. The van der Waals surface area contributed by atoms with E-state index in [1.165, 1.54) is 16.3 Å². The predicted molar refractivity (Wildman–Crippen MR) is 260 cm³/mol. The highest BCUT2D eigenvalue weighted by Gasteiger charge is 2.23. The fourth-order valence-corrected chi connectivity index (χ4v) is 10.7. The van der Waals surface area contributed by atoms with E-state index in [-0.39, 0.29) is 0 Å². The van der Waals surface area contributed by atoms with Crippen LogP contribution in [0.15, 0.2) is 207 Å². The van der Waals surface area contributed by atoms with Crippen molar-refractivity contribution in [3.63, 3.8) is 0 Å². The highest BCUT2D eigenvalue weighted by molar-refractivity contribution is 6.29. The molecule has 0 fully saturated rings. The van der Waals surface area contributed by atoms with E-state index in [1.807, 2.05) is 24.3 Å². The van der Waals surface area contributed by atoms with E-state index in [1.54, 1.807) is 0 Å². The molecule has 5 aromatic heterocycles. The van der Waals surface area contributed by atoms with Crippen molar-refractivity contribution in [3.8, 4) is 22.5 Å². The first-order valence-corrected chi connectivity index (χ1v) is 21.4. The van der Waals surface area contributed by atoms with Gasteiger partial charge in [-0.3, -0.25) is 0 Å². The molecule has 0 atom stereocenters. The van der Waals surface area contributed by atoms with Crippen molar-refractivity contribution >= 4 is 120 Å². The number of hydrogen-bond acceptors (Lipinski definition) is 3. The Kier molecular flexibility index (Phi) is 6.36. The van der Waals surface area contributed by atoms with E-state index in [0.717, 1.165) is 126 Å². The highest BCUT2D eigenvalue weighted by atomic mass is 16.3. The Morgan fingerprint density at radius 2 is 0.746 bits per heavy atom. The summed E-state index contributed by atoms with van der Waals surface area (Å²) in [6.07, 6.45) is 0. The number of hydrogen-bond donors (Lipinski definition) is 0. The molecule has 0 spiro atoms. The van der Waals surface area contributed by atoms with Crippen LogP contribution in [0.2, 0.25) is 0 Å². The second-order valence-corrected chi connectivity index (χ2v) is 16.8. The summed E-state index contributed by atoms with van der Waals surface area (Å²) in [6.45, 7) is 0. The summed E-state index contributed by atoms with van der Waals surface area (Å²) < 4.78 is 24.4. The van der Waals surface area contributed by atoms with Crippen molar-refractivity contribution < 1.29 is 13.3 Å². The Hall–Kier alpha value is -8.54. The van der Waals surface area contributed by atoms with Crippen LogP contribution in [0.1, 0.15) is 0 Å². The van der Waals surface area contributed by atoms with E-state index >= 15 is 0 Å². The molecule has 0 unspecified atom stereocenters. The van der Waals surface area contributed by atoms with E-state index in [0.29, 0.717) is 0 Å². The second kappa shape index (κ2) is 12.1. The lowest BCUT2D eigenvalue weighted by molar-refractivity contribution is 0.668. The van der Waals surface area contributed by atoms with Gasteiger partial charge < -0.3 is 22.4 Å². The lowest BCUT2D eigenvalue weighted by Gasteiger charge is -2.11. The minimum atomic E-state index is 0.884. The van der Waals surface area contributed by atoms with Crippen molar-refractivity contribution in [2.24, 2.45) is 0 Å². The molecule has 0 amide bonds. The van der Waals surface area contributed by atoms with Crippen LogP contribution in [-0.2, 0) is 0 Å². The first-order chi connectivity index (χ1) is 31.2. The van der Waals surface area contributed by atoms with Crippen LogP contribution in [0.3, 0.4) is 0 Å². The second-order valence-electron chi connectivity index (χ2n) is 16.8. The van der Waals surface area contributed by atoms with Gasteiger partial charge in [0.2, 0.25) is 0 Å². The van der Waals surface area contributed by atoms with Crippen LogP contribution in [0.5, 0.6) is 0 Å². The molecule has 0 aliphatic rings. The van der Waals surface area contributed by atoms with Crippen molar-refractivity contribution in [2.75, 3.05) is 0 Å². The topological polar surface area (TPSA) is 49.3 Å². The first kappa shape index (κ1) is 33.2. The van der Waals surface area contributed by atoms with Crippen LogP contribution < -0.4 is 0 Å². The van der Waals surface area contributed by atoms with Crippen LogP contribution in [0.25, 0.3) is 143 Å². The average Bonchev–Trinajstić information content (AvgIpc) is 4.15. The Bertz CT molecular complexity index is 4450. The van der Waals surface area contributed by atoms with Crippen molar-refractivity contribution in [1.29, 1.82) is 0 Å². The summed E-state index contributed by atoms with van der Waals surface area (Å²) >= 11 is 0. The SMILES string of the molecule is c1ccc2c(c1)oc1ccc(-c3ccc4ccc(-n5c6ccccc6c6c7oc8c(ccc9c8c8ccccc8n9-c8ccc9oc%10ccccc%10c9c8)c7ccc65)cc4c3)cc12. The zero-order valence-electron chi connectivity index (χ0n) is 33.6. The molecule has 0 bridgehead atoms. The largest absolute Gasteiger partial charge is 0.456 e. The fourth-order valence-electron chi connectivity index (χ4n) is 10.7. The van der Waals surface area contributed by atoms with E-state index < -0.39 is 0 Å². The molecule has 0 aliphatic heterocycles. The van der Waals surface area contributed by atoms with Gasteiger partial charge in [0.05, 0.1) is 32.8 Å². The number of para-hydroxylation sites is 4. The van der Waals surface area contributed by atoms with Gasteiger partial charge in [-0.05, 0) is 119 Å². The monoisotopic (exact) mass is 804 g/mol. The Morgan fingerprint density at radius 3 is 1.40 bits per heavy atom. The van der Waals surface area contributed by atoms with E-state index in [2.05, 4.69) is 179 Å². The zero-order valence-corrected chi connectivity index (χ0v) is 33.6. The average molecular weight is 805 g/mol. The summed E-state index contributed by atoms with van der Waals surface area (Å²) in [5.74, 6) is 0. The highest BCUT2D eigenvalue weighted by Crippen LogP contribution is 2.45. The molecule has 0 saturated carbocycles. The maximum Gasteiger partial charge on any atom is 0.145 e. The molecular formula is C58H32N2O3. The molecule has 10 aromatic carbocycles. The van der Waals surface area contributed by atoms with Gasteiger partial charge >= 0.3 is 0 Å². The van der Waals surface area contributed by atoms with E-state index in [9.17, 15) is 0 Å². The normalized spacial score (nSPS) is 12.4. The first-order valence-electron chi connectivity index (χ1n) is 21.4. The quantitative estimate of drug-likeness (QED) is 0.179. The molecule has 5 heteroatoms. The third-order valence-corrected chi connectivity index (χ3v) is 13.5. The minimum Gasteiger partial charge on any atom is -0.456 e. The van der Waals surface area contributed by atoms with Gasteiger partial charge in [0, 0.05) is 54.5 Å². The maximum atomic E-state index is 7.25. The Labute approximate surface area is 357 Å². The number of aromatic nitrogens is 2. The molecule has 5 nitrogen and oxygen atoms in total. The van der Waals surface area contributed by atoms with Crippen LogP contribution in [0.4, 0.5) is 0 Å². The Morgan fingerprint density at radius 1 is 0.270 bits per heavy atom. The standard InChI is InChI=1S/C58H32N2O3/c1-5-13-47-43(11-1)55-49(59(47)37-21-19-33-17-18-34(29-36(33)30-37)35-20-27-53-45(31-35)39-9-3-7-15-51(39)61-53)25-23-41-42-24-26-50-56(58(42)63-57(41)55)44-12-2-6-14-48(44)60(50)38-22-28-54-46(32-38)40-10-4-8-16-52(40)62-54/h1-32H. The van der Waals surface area contributed by atoms with Crippen LogP contribution in [0, 0.1) is 0 Å². The minimum absolute atomic E-state index is 0.884. The van der Waals surface area contributed by atoms with Gasteiger partial charge in [0.15, 0.2) is 0 Å². The molecule has 0 aliphatic carbocycles. The van der Waals surface area contributed by atoms with Gasteiger partial charge in [0.1, 0.15) is 33.5 Å². The van der Waals surface area contributed by atoms with Crippen molar-refractivity contribution in [2.45, 2.75) is 0 Å². The number of benzene rings is 10. The molecule has 15 rings (SSSR count). The predicted octanol–water partition coefficient (Wildman–Crippen LogP) is 16.4. The molecule has 15 aromatic rings. The van der Waals surface area contributed by atoms with Crippen LogP contribution >= 0.6 is 0 Å². The summed E-state index contributed by atoms with van der Waals surface area (Å²) in [7, 11) is 0. The van der Waals surface area contributed by atoms with E-state index in [4.69, 9.17) is 13.3 Å². The number of fused-ring (bicyclic) bond motifs is 18. The molecule has 0 saturated heterocycles. The number of nitrogens with zero attached hydrogens (tertiary/aromatic N) is 2. The molecular weight excluding hydrogens is 773 g/mol. The van der Waals surface area contributed by atoms with Crippen LogP contribution in [-0.4, -0.2) is 9.13 Å². The zero-order chi connectivity index (χ0) is 40.9.